The zero-order chi connectivity index (χ0) is 16.3. The molecule has 1 amide bonds. The first-order valence-electron chi connectivity index (χ1n) is 7.23. The average Bonchev–Trinajstić information content (AvgIpc) is 2.49. The van der Waals surface area contributed by atoms with Gasteiger partial charge in [0.05, 0.1) is 17.0 Å². The van der Waals surface area contributed by atoms with Gasteiger partial charge in [-0.15, -0.1) is 0 Å². The van der Waals surface area contributed by atoms with Crippen molar-refractivity contribution in [1.82, 2.24) is 4.98 Å². The molecule has 2 rings (SSSR count). The number of rotatable bonds is 5. The number of carbonyl (C=O) groups excluding carboxylic acids is 1. The van der Waals surface area contributed by atoms with Crippen LogP contribution in [-0.4, -0.2) is 30.3 Å². The van der Waals surface area contributed by atoms with Crippen LogP contribution in [0, 0.1) is 6.92 Å². The summed E-state index contributed by atoms with van der Waals surface area (Å²) in [6.07, 6.45) is 2.19. The number of nitrogens with one attached hydrogen (secondary N) is 1. The fourth-order valence-electron chi connectivity index (χ4n) is 2.28. The van der Waals surface area contributed by atoms with Crippen molar-refractivity contribution in [3.63, 3.8) is 0 Å². The number of hydrogen-bond donors (Lipinski definition) is 1. The molecule has 0 aliphatic carbocycles. The van der Waals surface area contributed by atoms with Gasteiger partial charge < -0.3 is 5.32 Å². The van der Waals surface area contributed by atoms with Crippen molar-refractivity contribution in [3.05, 3.63) is 36.0 Å². The molecular weight excluding hydrogens is 300 g/mol. The van der Waals surface area contributed by atoms with Crippen molar-refractivity contribution in [2.45, 2.75) is 32.4 Å². The first-order chi connectivity index (χ1) is 10.4. The molecule has 5 nitrogen and oxygen atoms in total. The zero-order valence-electron chi connectivity index (χ0n) is 13.0. The Morgan fingerprint density at radius 2 is 2.05 bits per heavy atom. The minimum Gasteiger partial charge on any atom is -0.324 e. The lowest BCUT2D eigenvalue weighted by atomic mass is 10.1. The van der Waals surface area contributed by atoms with Crippen molar-refractivity contribution in [3.8, 4) is 0 Å². The third-order valence-corrected chi connectivity index (χ3v) is 5.89. The van der Waals surface area contributed by atoms with Crippen LogP contribution in [0.15, 0.2) is 30.5 Å². The molecule has 1 atom stereocenters. The third-order valence-electron chi connectivity index (χ3n) is 3.63. The third kappa shape index (κ3) is 3.27. The summed E-state index contributed by atoms with van der Waals surface area (Å²) in [5, 5.41) is 2.45. The fourth-order valence-corrected chi connectivity index (χ4v) is 3.59. The number of benzene rings is 1. The van der Waals surface area contributed by atoms with Crippen molar-refractivity contribution < 1.29 is 13.2 Å². The van der Waals surface area contributed by atoms with Crippen molar-refractivity contribution in [2.75, 3.05) is 11.1 Å². The largest absolute Gasteiger partial charge is 0.324 e. The van der Waals surface area contributed by atoms with E-state index in [1.807, 2.05) is 19.1 Å². The molecule has 1 N–H and O–H groups in total. The van der Waals surface area contributed by atoms with Gasteiger partial charge in [-0.2, -0.15) is 0 Å². The van der Waals surface area contributed by atoms with Gasteiger partial charge in [0.25, 0.3) is 0 Å². The Morgan fingerprint density at radius 3 is 2.73 bits per heavy atom. The zero-order valence-corrected chi connectivity index (χ0v) is 13.8. The highest BCUT2D eigenvalue weighted by Gasteiger charge is 2.27. The molecule has 2 aromatic rings. The van der Waals surface area contributed by atoms with Gasteiger partial charge >= 0.3 is 0 Å². The van der Waals surface area contributed by atoms with E-state index in [1.54, 1.807) is 25.3 Å². The smallest absolute Gasteiger partial charge is 0.242 e. The van der Waals surface area contributed by atoms with E-state index in [9.17, 15) is 13.2 Å². The van der Waals surface area contributed by atoms with Gasteiger partial charge in [-0.25, -0.2) is 8.42 Å². The van der Waals surface area contributed by atoms with E-state index in [0.717, 1.165) is 16.5 Å². The normalized spacial score (nSPS) is 13.0. The molecule has 1 aromatic carbocycles. The van der Waals surface area contributed by atoms with Gasteiger partial charge in [0, 0.05) is 11.6 Å². The second-order valence-corrected chi connectivity index (χ2v) is 7.77. The number of pyridine rings is 1. The lowest BCUT2D eigenvalue weighted by molar-refractivity contribution is -0.115. The van der Waals surface area contributed by atoms with Crippen LogP contribution < -0.4 is 5.32 Å². The number of nitrogens with zero attached hydrogens (tertiary/aromatic N) is 1. The predicted molar refractivity (Wildman–Crippen MR) is 88.6 cm³/mol. The van der Waals surface area contributed by atoms with Crippen LogP contribution in [0.1, 0.15) is 25.8 Å². The second kappa shape index (κ2) is 6.44. The van der Waals surface area contributed by atoms with Crippen molar-refractivity contribution in [2.24, 2.45) is 0 Å². The Bertz CT molecular complexity index is 800. The van der Waals surface area contributed by atoms with Crippen LogP contribution in [0.4, 0.5) is 5.69 Å². The van der Waals surface area contributed by atoms with Gasteiger partial charge in [0.1, 0.15) is 5.25 Å². The number of sulfone groups is 1. The van der Waals surface area contributed by atoms with Gasteiger partial charge in [-0.05, 0) is 44.0 Å². The highest BCUT2D eigenvalue weighted by atomic mass is 32.2. The topological polar surface area (TPSA) is 76.1 Å². The summed E-state index contributed by atoms with van der Waals surface area (Å²) < 4.78 is 24.0. The molecule has 0 saturated heterocycles. The second-order valence-electron chi connectivity index (χ2n) is 5.33. The Balaban J connectivity index is 2.32. The maximum Gasteiger partial charge on any atom is 0.242 e. The molecule has 0 saturated carbocycles. The van der Waals surface area contributed by atoms with E-state index < -0.39 is 21.0 Å². The Morgan fingerprint density at radius 1 is 1.32 bits per heavy atom. The van der Waals surface area contributed by atoms with Crippen LogP contribution in [0.5, 0.6) is 0 Å². The fraction of sp³-hybridized carbons (Fsp3) is 0.375. The highest BCUT2D eigenvalue weighted by molar-refractivity contribution is 7.92. The van der Waals surface area contributed by atoms with E-state index in [0.29, 0.717) is 12.1 Å². The van der Waals surface area contributed by atoms with Gasteiger partial charge in [0.2, 0.25) is 5.91 Å². The van der Waals surface area contributed by atoms with E-state index >= 15 is 0 Å². The van der Waals surface area contributed by atoms with Crippen LogP contribution in [0.25, 0.3) is 10.9 Å². The Labute approximate surface area is 130 Å². The molecule has 1 aromatic heterocycles. The number of carbonyl (C=O) groups is 1. The molecule has 0 fully saturated rings. The summed E-state index contributed by atoms with van der Waals surface area (Å²) in [5.74, 6) is -0.500. The Kier molecular flexibility index (Phi) is 4.81. The van der Waals surface area contributed by atoms with Crippen molar-refractivity contribution >= 4 is 32.3 Å². The first kappa shape index (κ1) is 16.4. The van der Waals surface area contributed by atoms with E-state index in [1.165, 1.54) is 6.92 Å². The lowest BCUT2D eigenvalue weighted by Crippen LogP contribution is -2.34. The maximum absolute atomic E-state index is 12.3. The summed E-state index contributed by atoms with van der Waals surface area (Å²) in [5.41, 5.74) is 2.38. The van der Waals surface area contributed by atoms with Crippen LogP contribution in [0.3, 0.4) is 0 Å². The van der Waals surface area contributed by atoms with Crippen LogP contribution >= 0.6 is 0 Å². The molecule has 0 aliphatic rings. The molecule has 0 radical (unpaired) electrons. The lowest BCUT2D eigenvalue weighted by Gasteiger charge is -2.14. The van der Waals surface area contributed by atoms with Gasteiger partial charge in [0.15, 0.2) is 9.84 Å². The monoisotopic (exact) mass is 320 g/mol. The predicted octanol–water partition coefficient (Wildman–Crippen LogP) is 2.70. The average molecular weight is 320 g/mol. The van der Waals surface area contributed by atoms with Crippen LogP contribution in [-0.2, 0) is 14.6 Å². The van der Waals surface area contributed by atoms with E-state index in [-0.39, 0.29) is 5.75 Å². The van der Waals surface area contributed by atoms with E-state index in [2.05, 4.69) is 10.3 Å². The number of fused-ring (bicyclic) bond motifs is 1. The molecule has 1 heterocycles. The molecule has 6 heteroatoms. The van der Waals surface area contributed by atoms with E-state index in [4.69, 9.17) is 0 Å². The number of aromatic nitrogens is 1. The van der Waals surface area contributed by atoms with Gasteiger partial charge in [-0.3, -0.25) is 9.78 Å². The number of amides is 1. The Hall–Kier alpha value is -1.95. The van der Waals surface area contributed by atoms with Crippen LogP contribution in [0.2, 0.25) is 0 Å². The quantitative estimate of drug-likeness (QED) is 0.919. The maximum atomic E-state index is 12.3. The highest BCUT2D eigenvalue weighted by Crippen LogP contribution is 2.25. The molecule has 22 heavy (non-hydrogen) atoms. The van der Waals surface area contributed by atoms with Crippen molar-refractivity contribution in [1.29, 1.82) is 0 Å². The molecule has 0 aliphatic heterocycles. The summed E-state index contributed by atoms with van der Waals surface area (Å²) in [6.45, 7) is 5.14. The number of anilines is 1. The molecule has 118 valence electrons. The number of aryl methyl sites for hydroxylation is 1. The summed E-state index contributed by atoms with van der Waals surface area (Å²) in [7, 11) is -3.42. The van der Waals surface area contributed by atoms with Gasteiger partial charge in [-0.1, -0.05) is 13.0 Å². The SMILES string of the molecule is CCCS(=O)(=O)[C@H](C)C(=O)Nc1ccc(C)c2ncccc12. The molecule has 0 bridgehead atoms. The minimum absolute atomic E-state index is 0.0117. The summed E-state index contributed by atoms with van der Waals surface area (Å²) in [4.78, 5) is 16.6. The summed E-state index contributed by atoms with van der Waals surface area (Å²) in [6, 6.07) is 7.28. The first-order valence-corrected chi connectivity index (χ1v) is 8.95. The molecular formula is C16H20N2O3S. The molecule has 0 spiro atoms. The summed E-state index contributed by atoms with van der Waals surface area (Å²) >= 11 is 0. The molecule has 0 unspecified atom stereocenters. The standard InChI is InChI=1S/C16H20N2O3S/c1-4-10-22(20,21)12(3)16(19)18-14-8-7-11(2)15-13(14)6-5-9-17-15/h5-9,12H,4,10H2,1-3H3,(H,18,19)/t12-/m1/s1. The number of hydrogen-bond acceptors (Lipinski definition) is 4. The minimum atomic E-state index is -3.42.